The SMILES string of the molecule is N#Cc1ccc2c(N[C@H]3CCN(CC(=O)N4CCC[C@H]4C#N)C3)cccc2n1. The number of likely N-dealkylation sites (tertiary alicyclic amines) is 2. The molecule has 1 aromatic carbocycles. The molecular formula is C21H22N6O. The first kappa shape index (κ1) is 18.2. The monoisotopic (exact) mass is 374 g/mol. The standard InChI is InChI=1S/C21H22N6O/c22-11-15-6-7-18-19(24-15)4-1-5-20(18)25-16-8-10-26(13-16)14-21(28)27-9-2-3-17(27)12-23/h1,4-7,16-17,25H,2-3,8-10,13-14H2/t16-,17-/m0/s1. The van der Waals surface area contributed by atoms with Crippen LogP contribution < -0.4 is 5.32 Å². The summed E-state index contributed by atoms with van der Waals surface area (Å²) in [5.41, 5.74) is 2.20. The van der Waals surface area contributed by atoms with Gasteiger partial charge in [-0.25, -0.2) is 4.98 Å². The lowest BCUT2D eigenvalue weighted by Gasteiger charge is -2.23. The molecule has 1 amide bonds. The van der Waals surface area contributed by atoms with Crippen molar-refractivity contribution in [2.45, 2.75) is 31.3 Å². The zero-order valence-electron chi connectivity index (χ0n) is 15.6. The second-order valence-corrected chi connectivity index (χ2v) is 7.42. The van der Waals surface area contributed by atoms with Crippen LogP contribution in [0, 0.1) is 22.7 Å². The maximum atomic E-state index is 12.5. The summed E-state index contributed by atoms with van der Waals surface area (Å²) < 4.78 is 0. The van der Waals surface area contributed by atoms with E-state index in [1.165, 1.54) is 0 Å². The van der Waals surface area contributed by atoms with E-state index in [2.05, 4.69) is 27.3 Å². The molecule has 0 spiro atoms. The summed E-state index contributed by atoms with van der Waals surface area (Å²) in [7, 11) is 0. The second-order valence-electron chi connectivity index (χ2n) is 7.42. The molecule has 2 saturated heterocycles. The van der Waals surface area contributed by atoms with Gasteiger partial charge in [0.25, 0.3) is 0 Å². The van der Waals surface area contributed by atoms with Gasteiger partial charge in [0.05, 0.1) is 18.1 Å². The van der Waals surface area contributed by atoms with Crippen LogP contribution in [0.4, 0.5) is 5.69 Å². The Hall–Kier alpha value is -3.16. The molecule has 0 radical (unpaired) electrons. The number of amides is 1. The summed E-state index contributed by atoms with van der Waals surface area (Å²) in [5, 5.41) is 22.8. The van der Waals surface area contributed by atoms with Crippen LogP contribution in [0.2, 0.25) is 0 Å². The molecular weight excluding hydrogens is 352 g/mol. The van der Waals surface area contributed by atoms with Gasteiger partial charge in [-0.2, -0.15) is 10.5 Å². The van der Waals surface area contributed by atoms with Crippen molar-refractivity contribution in [3.05, 3.63) is 36.0 Å². The second kappa shape index (κ2) is 7.84. The minimum atomic E-state index is -0.259. The minimum Gasteiger partial charge on any atom is -0.380 e. The Balaban J connectivity index is 1.39. The summed E-state index contributed by atoms with van der Waals surface area (Å²) >= 11 is 0. The van der Waals surface area contributed by atoms with Crippen molar-refractivity contribution in [3.8, 4) is 12.1 Å². The first-order valence-corrected chi connectivity index (χ1v) is 9.66. The first-order chi connectivity index (χ1) is 13.7. The molecule has 7 nitrogen and oxygen atoms in total. The predicted octanol–water partition coefficient (Wildman–Crippen LogP) is 2.11. The topological polar surface area (TPSA) is 96.0 Å². The molecule has 0 unspecified atom stereocenters. The number of pyridine rings is 1. The molecule has 2 fully saturated rings. The van der Waals surface area contributed by atoms with E-state index in [-0.39, 0.29) is 18.0 Å². The Morgan fingerprint density at radius 2 is 2.11 bits per heavy atom. The number of aromatic nitrogens is 1. The lowest BCUT2D eigenvalue weighted by atomic mass is 10.1. The van der Waals surface area contributed by atoms with Crippen LogP contribution >= 0.6 is 0 Å². The highest BCUT2D eigenvalue weighted by atomic mass is 16.2. The molecule has 4 rings (SSSR count). The van der Waals surface area contributed by atoms with Gasteiger partial charge < -0.3 is 10.2 Å². The van der Waals surface area contributed by atoms with E-state index in [1.54, 1.807) is 11.0 Å². The summed E-state index contributed by atoms with van der Waals surface area (Å²) in [5.74, 6) is 0.0584. The molecule has 2 aliphatic rings. The highest BCUT2D eigenvalue weighted by Crippen LogP contribution is 2.25. The summed E-state index contributed by atoms with van der Waals surface area (Å²) in [6, 6.07) is 13.8. The molecule has 1 N–H and O–H groups in total. The number of nitriles is 2. The Kier molecular flexibility index (Phi) is 5.10. The number of carbonyl (C=O) groups excluding carboxylic acids is 1. The molecule has 28 heavy (non-hydrogen) atoms. The van der Waals surface area contributed by atoms with E-state index in [0.717, 1.165) is 48.9 Å². The van der Waals surface area contributed by atoms with E-state index in [0.29, 0.717) is 18.8 Å². The van der Waals surface area contributed by atoms with Crippen molar-refractivity contribution in [1.82, 2.24) is 14.8 Å². The van der Waals surface area contributed by atoms with Gasteiger partial charge in [0.15, 0.2) is 0 Å². The average Bonchev–Trinajstić information content (AvgIpc) is 3.37. The van der Waals surface area contributed by atoms with Gasteiger partial charge in [-0.1, -0.05) is 6.07 Å². The molecule has 0 bridgehead atoms. The van der Waals surface area contributed by atoms with Crippen LogP contribution in [0.15, 0.2) is 30.3 Å². The third kappa shape index (κ3) is 3.62. The van der Waals surface area contributed by atoms with Crippen LogP contribution in [0.5, 0.6) is 0 Å². The highest BCUT2D eigenvalue weighted by molar-refractivity contribution is 5.91. The number of hydrogen-bond donors (Lipinski definition) is 1. The van der Waals surface area contributed by atoms with Crippen molar-refractivity contribution >= 4 is 22.5 Å². The van der Waals surface area contributed by atoms with E-state index >= 15 is 0 Å². The Morgan fingerprint density at radius 1 is 1.21 bits per heavy atom. The van der Waals surface area contributed by atoms with Crippen LogP contribution in [-0.4, -0.2) is 59.0 Å². The third-order valence-corrected chi connectivity index (χ3v) is 5.56. The molecule has 7 heteroatoms. The fourth-order valence-electron chi connectivity index (χ4n) is 4.14. The maximum absolute atomic E-state index is 12.5. The fourth-order valence-corrected chi connectivity index (χ4v) is 4.14. The first-order valence-electron chi connectivity index (χ1n) is 9.66. The average molecular weight is 374 g/mol. The van der Waals surface area contributed by atoms with Crippen LogP contribution in [0.1, 0.15) is 25.0 Å². The molecule has 0 aliphatic carbocycles. The Morgan fingerprint density at radius 3 is 2.93 bits per heavy atom. The van der Waals surface area contributed by atoms with Gasteiger partial charge in [-0.15, -0.1) is 0 Å². The van der Waals surface area contributed by atoms with Crippen molar-refractivity contribution in [2.24, 2.45) is 0 Å². The number of benzene rings is 1. The number of rotatable bonds is 4. The van der Waals surface area contributed by atoms with Crippen LogP contribution in [-0.2, 0) is 4.79 Å². The molecule has 3 heterocycles. The van der Waals surface area contributed by atoms with Crippen molar-refractivity contribution < 1.29 is 4.79 Å². The van der Waals surface area contributed by atoms with Gasteiger partial charge in [0.2, 0.25) is 5.91 Å². The van der Waals surface area contributed by atoms with Gasteiger partial charge in [-0.3, -0.25) is 9.69 Å². The van der Waals surface area contributed by atoms with Crippen LogP contribution in [0.3, 0.4) is 0 Å². The zero-order chi connectivity index (χ0) is 19.5. The summed E-state index contributed by atoms with van der Waals surface area (Å²) in [6.07, 6.45) is 2.65. The summed E-state index contributed by atoms with van der Waals surface area (Å²) in [4.78, 5) is 20.8. The van der Waals surface area contributed by atoms with Crippen molar-refractivity contribution in [2.75, 3.05) is 31.5 Å². The number of nitrogens with zero attached hydrogens (tertiary/aromatic N) is 5. The quantitative estimate of drug-likeness (QED) is 0.880. The Labute approximate surface area is 164 Å². The summed E-state index contributed by atoms with van der Waals surface area (Å²) in [6.45, 7) is 2.71. The van der Waals surface area contributed by atoms with Gasteiger partial charge in [0.1, 0.15) is 17.8 Å². The Bertz CT molecular complexity index is 975. The number of fused-ring (bicyclic) bond motifs is 1. The smallest absolute Gasteiger partial charge is 0.237 e. The predicted molar refractivity (Wildman–Crippen MR) is 105 cm³/mol. The van der Waals surface area contributed by atoms with Crippen LogP contribution in [0.25, 0.3) is 10.9 Å². The van der Waals surface area contributed by atoms with Crippen molar-refractivity contribution in [3.63, 3.8) is 0 Å². The number of nitrogens with one attached hydrogen (secondary N) is 1. The lowest BCUT2D eigenvalue weighted by Crippen LogP contribution is -2.42. The normalized spacial score (nSPS) is 22.1. The number of carbonyl (C=O) groups is 1. The van der Waals surface area contributed by atoms with Gasteiger partial charge >= 0.3 is 0 Å². The third-order valence-electron chi connectivity index (χ3n) is 5.56. The maximum Gasteiger partial charge on any atom is 0.237 e. The lowest BCUT2D eigenvalue weighted by molar-refractivity contribution is -0.132. The van der Waals surface area contributed by atoms with Gasteiger partial charge in [0, 0.05) is 36.7 Å². The van der Waals surface area contributed by atoms with E-state index in [4.69, 9.17) is 5.26 Å². The number of hydrogen-bond acceptors (Lipinski definition) is 6. The highest BCUT2D eigenvalue weighted by Gasteiger charge is 2.31. The molecule has 0 saturated carbocycles. The zero-order valence-corrected chi connectivity index (χ0v) is 15.6. The molecule has 2 atom stereocenters. The van der Waals surface area contributed by atoms with Gasteiger partial charge in [-0.05, 0) is 43.5 Å². The van der Waals surface area contributed by atoms with E-state index in [1.807, 2.05) is 24.3 Å². The molecule has 2 aliphatic heterocycles. The fraction of sp³-hybridized carbons (Fsp3) is 0.429. The largest absolute Gasteiger partial charge is 0.380 e. The molecule has 142 valence electrons. The minimum absolute atomic E-state index is 0.0584. The molecule has 2 aromatic rings. The van der Waals surface area contributed by atoms with E-state index < -0.39 is 0 Å². The van der Waals surface area contributed by atoms with E-state index in [9.17, 15) is 10.1 Å². The van der Waals surface area contributed by atoms with Crippen molar-refractivity contribution in [1.29, 1.82) is 10.5 Å². The molecule has 1 aromatic heterocycles. The number of anilines is 1.